The minimum atomic E-state index is -0.512. The molecular formula is C11H12ClN5O4. The molecular weight excluding hydrogens is 302 g/mol. The molecule has 1 unspecified atom stereocenters. The van der Waals surface area contributed by atoms with Crippen molar-refractivity contribution >= 4 is 28.8 Å². The van der Waals surface area contributed by atoms with Crippen molar-refractivity contribution in [1.82, 2.24) is 10.3 Å². The van der Waals surface area contributed by atoms with Crippen molar-refractivity contribution in [2.45, 2.75) is 13.0 Å². The van der Waals surface area contributed by atoms with E-state index in [1.54, 1.807) is 6.92 Å². The van der Waals surface area contributed by atoms with Crippen molar-refractivity contribution < 1.29 is 14.3 Å². The first-order valence-electron chi connectivity index (χ1n) is 5.90. The van der Waals surface area contributed by atoms with Gasteiger partial charge in [-0.15, -0.1) is 0 Å². The summed E-state index contributed by atoms with van der Waals surface area (Å²) in [5.41, 5.74) is 5.95. The van der Waals surface area contributed by atoms with Crippen molar-refractivity contribution in [2.24, 2.45) is 0 Å². The molecule has 112 valence electrons. The first-order valence-corrected chi connectivity index (χ1v) is 6.27. The van der Waals surface area contributed by atoms with E-state index in [4.69, 9.17) is 22.1 Å². The van der Waals surface area contributed by atoms with E-state index in [2.05, 4.69) is 20.3 Å². The average molecular weight is 314 g/mol. The third kappa shape index (κ3) is 3.72. The van der Waals surface area contributed by atoms with Crippen LogP contribution in [-0.4, -0.2) is 27.9 Å². The van der Waals surface area contributed by atoms with Crippen LogP contribution in [-0.2, 0) is 0 Å². The molecule has 0 bridgehead atoms. The number of nitrogens with one attached hydrogen (secondary N) is 1. The van der Waals surface area contributed by atoms with E-state index >= 15 is 0 Å². The maximum atomic E-state index is 10.6. The Bertz CT molecular complexity index is 647. The number of nitro benzene ring substituents is 1. The summed E-state index contributed by atoms with van der Waals surface area (Å²) >= 11 is 5.96. The Balaban J connectivity index is 1.93. The summed E-state index contributed by atoms with van der Waals surface area (Å²) in [7, 11) is 0. The van der Waals surface area contributed by atoms with Gasteiger partial charge in [-0.25, -0.2) is 4.63 Å². The summed E-state index contributed by atoms with van der Waals surface area (Å²) in [5, 5.41) is 20.8. The van der Waals surface area contributed by atoms with E-state index in [0.29, 0.717) is 12.2 Å². The smallest absolute Gasteiger partial charge is 0.300 e. The highest BCUT2D eigenvalue weighted by Gasteiger charge is 2.13. The van der Waals surface area contributed by atoms with Crippen molar-refractivity contribution in [3.8, 4) is 5.88 Å². The van der Waals surface area contributed by atoms with E-state index in [1.165, 1.54) is 18.2 Å². The molecule has 3 N–H and O–H groups in total. The second-order valence-electron chi connectivity index (χ2n) is 4.19. The predicted octanol–water partition coefficient (Wildman–Crippen LogP) is 2.09. The van der Waals surface area contributed by atoms with Crippen molar-refractivity contribution in [1.29, 1.82) is 0 Å². The molecule has 1 aromatic heterocycles. The number of nitrogens with zero attached hydrogens (tertiary/aromatic N) is 3. The van der Waals surface area contributed by atoms with Gasteiger partial charge in [0.2, 0.25) is 5.82 Å². The summed E-state index contributed by atoms with van der Waals surface area (Å²) < 4.78 is 9.81. The van der Waals surface area contributed by atoms with Crippen molar-refractivity contribution in [3.05, 3.63) is 33.3 Å². The Hall–Kier alpha value is -2.55. The Labute approximate surface area is 124 Å². The van der Waals surface area contributed by atoms with Gasteiger partial charge in [0.15, 0.2) is 0 Å². The molecule has 0 saturated heterocycles. The van der Waals surface area contributed by atoms with Gasteiger partial charge in [-0.05, 0) is 23.3 Å². The summed E-state index contributed by atoms with van der Waals surface area (Å²) in [6.07, 6.45) is -0.301. The lowest BCUT2D eigenvalue weighted by Gasteiger charge is -2.14. The van der Waals surface area contributed by atoms with Crippen LogP contribution in [0, 0.1) is 10.1 Å². The standard InChI is InChI=1S/C11H12ClN5O4/c1-6(20-11-10(13)15-21-16-11)5-14-9-3-2-7(17(18)19)4-8(9)12/h2-4,6,14H,5H2,1H3,(H2,13,15). The van der Waals surface area contributed by atoms with Gasteiger partial charge in [-0.2, -0.15) is 0 Å². The van der Waals surface area contributed by atoms with Crippen LogP contribution in [0.25, 0.3) is 0 Å². The molecule has 0 saturated carbocycles. The molecule has 0 aliphatic carbocycles. The Morgan fingerprint density at radius 3 is 2.90 bits per heavy atom. The first kappa shape index (κ1) is 14.9. The molecule has 0 fully saturated rings. The lowest BCUT2D eigenvalue weighted by Crippen LogP contribution is -2.23. The lowest BCUT2D eigenvalue weighted by molar-refractivity contribution is -0.384. The highest BCUT2D eigenvalue weighted by atomic mass is 35.5. The Morgan fingerprint density at radius 1 is 1.57 bits per heavy atom. The molecule has 2 rings (SSSR count). The molecule has 21 heavy (non-hydrogen) atoms. The Morgan fingerprint density at radius 2 is 2.33 bits per heavy atom. The molecule has 0 radical (unpaired) electrons. The highest BCUT2D eigenvalue weighted by Crippen LogP contribution is 2.26. The van der Waals surface area contributed by atoms with E-state index < -0.39 is 4.92 Å². The number of non-ortho nitro benzene ring substituents is 1. The zero-order chi connectivity index (χ0) is 15.4. The molecule has 0 amide bonds. The van der Waals surface area contributed by atoms with Crippen molar-refractivity contribution in [2.75, 3.05) is 17.6 Å². The third-order valence-electron chi connectivity index (χ3n) is 2.54. The van der Waals surface area contributed by atoms with Gasteiger partial charge in [0, 0.05) is 12.1 Å². The number of hydrogen-bond donors (Lipinski definition) is 2. The molecule has 2 aromatic rings. The maximum Gasteiger partial charge on any atom is 0.300 e. The van der Waals surface area contributed by atoms with Crippen LogP contribution in [0.2, 0.25) is 5.02 Å². The monoisotopic (exact) mass is 313 g/mol. The average Bonchev–Trinajstić information content (AvgIpc) is 2.82. The second kappa shape index (κ2) is 6.27. The molecule has 1 atom stereocenters. The summed E-state index contributed by atoms with van der Waals surface area (Å²) in [6, 6.07) is 4.16. The van der Waals surface area contributed by atoms with Gasteiger partial charge in [0.05, 0.1) is 22.2 Å². The van der Waals surface area contributed by atoms with Crippen LogP contribution < -0.4 is 15.8 Å². The number of rotatable bonds is 6. The topological polar surface area (TPSA) is 129 Å². The van der Waals surface area contributed by atoms with Gasteiger partial charge >= 0.3 is 5.88 Å². The summed E-state index contributed by atoms with van der Waals surface area (Å²) in [6.45, 7) is 2.16. The normalized spacial score (nSPS) is 11.9. The third-order valence-corrected chi connectivity index (χ3v) is 2.85. The van der Waals surface area contributed by atoms with Gasteiger partial charge < -0.3 is 15.8 Å². The highest BCUT2D eigenvalue weighted by molar-refractivity contribution is 6.33. The molecule has 1 aromatic carbocycles. The summed E-state index contributed by atoms with van der Waals surface area (Å²) in [5.74, 6) is 0.175. The Kier molecular flexibility index (Phi) is 4.43. The number of nitrogen functional groups attached to an aromatic ring is 1. The molecule has 1 heterocycles. The van der Waals surface area contributed by atoms with Crippen LogP contribution >= 0.6 is 11.6 Å². The summed E-state index contributed by atoms with van der Waals surface area (Å²) in [4.78, 5) is 10.1. The van der Waals surface area contributed by atoms with Gasteiger partial charge in [0.1, 0.15) is 6.10 Å². The van der Waals surface area contributed by atoms with Gasteiger partial charge in [-0.1, -0.05) is 11.6 Å². The number of halogens is 1. The molecule has 0 aliphatic heterocycles. The van der Waals surface area contributed by atoms with E-state index in [1.807, 2.05) is 0 Å². The number of nitrogens with two attached hydrogens (primary N) is 1. The van der Waals surface area contributed by atoms with Gasteiger partial charge in [0.25, 0.3) is 5.69 Å². The second-order valence-corrected chi connectivity index (χ2v) is 4.59. The predicted molar refractivity (Wildman–Crippen MR) is 75.4 cm³/mol. The first-order chi connectivity index (χ1) is 9.97. The van der Waals surface area contributed by atoms with Crippen LogP contribution in [0.3, 0.4) is 0 Å². The fourth-order valence-electron chi connectivity index (χ4n) is 1.52. The molecule has 10 heteroatoms. The van der Waals surface area contributed by atoms with Crippen LogP contribution in [0.15, 0.2) is 22.8 Å². The fourth-order valence-corrected chi connectivity index (χ4v) is 1.76. The molecule has 9 nitrogen and oxygen atoms in total. The van der Waals surface area contributed by atoms with Crippen LogP contribution in [0.4, 0.5) is 17.2 Å². The van der Waals surface area contributed by atoms with Crippen LogP contribution in [0.5, 0.6) is 5.88 Å². The SMILES string of the molecule is CC(CNc1ccc([N+](=O)[O-])cc1Cl)Oc1nonc1N. The number of benzene rings is 1. The zero-order valence-electron chi connectivity index (χ0n) is 10.9. The molecule has 0 spiro atoms. The minimum Gasteiger partial charge on any atom is -0.468 e. The fraction of sp³-hybridized carbons (Fsp3) is 0.273. The largest absolute Gasteiger partial charge is 0.468 e. The lowest BCUT2D eigenvalue weighted by atomic mass is 10.2. The number of nitro groups is 1. The van der Waals surface area contributed by atoms with Crippen LogP contribution in [0.1, 0.15) is 6.92 Å². The molecule has 0 aliphatic rings. The zero-order valence-corrected chi connectivity index (χ0v) is 11.7. The van der Waals surface area contributed by atoms with E-state index in [-0.39, 0.29) is 28.5 Å². The van der Waals surface area contributed by atoms with Crippen molar-refractivity contribution in [3.63, 3.8) is 0 Å². The van der Waals surface area contributed by atoms with E-state index in [9.17, 15) is 10.1 Å². The number of anilines is 2. The number of aromatic nitrogens is 2. The number of hydrogen-bond acceptors (Lipinski definition) is 8. The quantitative estimate of drug-likeness (QED) is 0.612. The van der Waals surface area contributed by atoms with Gasteiger partial charge in [-0.3, -0.25) is 10.1 Å². The minimum absolute atomic E-state index is 0.0650. The number of ether oxygens (including phenoxy) is 1. The maximum absolute atomic E-state index is 10.6. The van der Waals surface area contributed by atoms with E-state index in [0.717, 1.165) is 0 Å².